The van der Waals surface area contributed by atoms with Gasteiger partial charge in [0.1, 0.15) is 0 Å². The first-order valence-electron chi connectivity index (χ1n) is 6.76. The fourth-order valence-electron chi connectivity index (χ4n) is 2.63. The molecule has 0 saturated carbocycles. The van der Waals surface area contributed by atoms with E-state index < -0.39 is 0 Å². The molecule has 16 heavy (non-hydrogen) atoms. The lowest BCUT2D eigenvalue weighted by atomic mass is 9.90. The topological polar surface area (TPSA) is 35.5 Å². The van der Waals surface area contributed by atoms with Gasteiger partial charge in [0.15, 0.2) is 0 Å². The van der Waals surface area contributed by atoms with E-state index in [1.165, 1.54) is 38.9 Å². The fraction of sp³-hybridized carbons (Fsp3) is 1.00. The fourth-order valence-corrected chi connectivity index (χ4v) is 2.63. The zero-order chi connectivity index (χ0) is 12.0. The molecular weight excluding hydrogens is 200 g/mol. The second-order valence-corrected chi connectivity index (χ2v) is 5.22. The minimum Gasteiger partial charge on any atom is -0.395 e. The molecular formula is C13H28N2O. The monoisotopic (exact) mass is 228 g/mol. The number of nitrogens with zero attached hydrogens (tertiary/aromatic N) is 1. The van der Waals surface area contributed by atoms with Crippen molar-refractivity contribution in [1.82, 2.24) is 10.2 Å². The number of hydrogen-bond acceptors (Lipinski definition) is 3. The van der Waals surface area contributed by atoms with Crippen LogP contribution in [0, 0.1) is 5.92 Å². The number of hydrogen-bond donors (Lipinski definition) is 2. The Labute approximate surface area is 100 Å². The number of aliphatic hydroxyl groups is 1. The Morgan fingerprint density at radius 2 is 1.94 bits per heavy atom. The highest BCUT2D eigenvalue weighted by atomic mass is 16.3. The SMILES string of the molecule is CCCN1CCC(C(C)N[C@H](C)CO)CC1. The third-order valence-corrected chi connectivity index (χ3v) is 3.70. The largest absolute Gasteiger partial charge is 0.395 e. The maximum Gasteiger partial charge on any atom is 0.0582 e. The summed E-state index contributed by atoms with van der Waals surface area (Å²) in [6, 6.07) is 0.759. The smallest absolute Gasteiger partial charge is 0.0582 e. The van der Waals surface area contributed by atoms with Gasteiger partial charge in [-0.2, -0.15) is 0 Å². The van der Waals surface area contributed by atoms with Gasteiger partial charge in [-0.25, -0.2) is 0 Å². The van der Waals surface area contributed by atoms with E-state index in [-0.39, 0.29) is 12.6 Å². The standard InChI is InChI=1S/C13H28N2O/c1-4-7-15-8-5-13(6-9-15)12(3)14-11(2)10-16/h11-14,16H,4-10H2,1-3H3/t11-,12?/m1/s1. The molecule has 0 amide bonds. The highest BCUT2D eigenvalue weighted by molar-refractivity contribution is 4.80. The number of piperidine rings is 1. The van der Waals surface area contributed by atoms with Crippen LogP contribution in [0.15, 0.2) is 0 Å². The molecule has 1 saturated heterocycles. The van der Waals surface area contributed by atoms with Gasteiger partial charge in [-0.15, -0.1) is 0 Å². The van der Waals surface area contributed by atoms with E-state index in [2.05, 4.69) is 24.1 Å². The van der Waals surface area contributed by atoms with Crippen LogP contribution >= 0.6 is 0 Å². The molecule has 3 nitrogen and oxygen atoms in total. The first-order chi connectivity index (χ1) is 7.67. The molecule has 0 radical (unpaired) electrons. The van der Waals surface area contributed by atoms with E-state index in [4.69, 9.17) is 5.11 Å². The summed E-state index contributed by atoms with van der Waals surface area (Å²) in [5, 5.41) is 12.5. The van der Waals surface area contributed by atoms with E-state index >= 15 is 0 Å². The summed E-state index contributed by atoms with van der Waals surface area (Å²) >= 11 is 0. The van der Waals surface area contributed by atoms with Crippen LogP contribution < -0.4 is 5.32 Å². The van der Waals surface area contributed by atoms with Gasteiger partial charge in [-0.05, 0) is 58.7 Å². The van der Waals surface area contributed by atoms with E-state index in [9.17, 15) is 0 Å². The van der Waals surface area contributed by atoms with Crippen LogP contribution in [-0.2, 0) is 0 Å². The summed E-state index contributed by atoms with van der Waals surface area (Å²) in [4.78, 5) is 2.57. The van der Waals surface area contributed by atoms with Gasteiger partial charge in [-0.3, -0.25) is 0 Å². The molecule has 0 aromatic carbocycles. The molecule has 0 aromatic heterocycles. The van der Waals surface area contributed by atoms with Crippen molar-refractivity contribution >= 4 is 0 Å². The Kier molecular flexibility index (Phi) is 6.32. The maximum absolute atomic E-state index is 9.02. The van der Waals surface area contributed by atoms with Gasteiger partial charge < -0.3 is 15.3 Å². The van der Waals surface area contributed by atoms with Crippen LogP contribution in [0.1, 0.15) is 40.0 Å². The van der Waals surface area contributed by atoms with E-state index in [1.807, 2.05) is 6.92 Å². The van der Waals surface area contributed by atoms with E-state index in [0.29, 0.717) is 6.04 Å². The Morgan fingerprint density at radius 3 is 2.44 bits per heavy atom. The van der Waals surface area contributed by atoms with Crippen molar-refractivity contribution < 1.29 is 5.11 Å². The van der Waals surface area contributed by atoms with Gasteiger partial charge in [0, 0.05) is 12.1 Å². The Morgan fingerprint density at radius 1 is 1.31 bits per heavy atom. The molecule has 0 aliphatic carbocycles. The van der Waals surface area contributed by atoms with Crippen molar-refractivity contribution in [2.24, 2.45) is 5.92 Å². The third kappa shape index (κ3) is 4.40. The summed E-state index contributed by atoms with van der Waals surface area (Å²) in [5.41, 5.74) is 0. The molecule has 1 fully saturated rings. The van der Waals surface area contributed by atoms with Crippen LogP contribution in [-0.4, -0.2) is 48.3 Å². The zero-order valence-electron chi connectivity index (χ0n) is 11.1. The van der Waals surface area contributed by atoms with Crippen molar-refractivity contribution in [3.8, 4) is 0 Å². The van der Waals surface area contributed by atoms with Gasteiger partial charge in [0.2, 0.25) is 0 Å². The zero-order valence-corrected chi connectivity index (χ0v) is 11.1. The summed E-state index contributed by atoms with van der Waals surface area (Å²) in [7, 11) is 0. The summed E-state index contributed by atoms with van der Waals surface area (Å²) in [6.07, 6.45) is 3.86. The van der Waals surface area contributed by atoms with Crippen LogP contribution in [0.4, 0.5) is 0 Å². The van der Waals surface area contributed by atoms with Crippen LogP contribution in [0.2, 0.25) is 0 Å². The van der Waals surface area contributed by atoms with Gasteiger partial charge in [-0.1, -0.05) is 6.92 Å². The molecule has 0 aromatic rings. The minimum atomic E-state index is 0.226. The highest BCUT2D eigenvalue weighted by Gasteiger charge is 2.23. The highest BCUT2D eigenvalue weighted by Crippen LogP contribution is 2.20. The molecule has 1 rings (SSSR count). The van der Waals surface area contributed by atoms with E-state index in [0.717, 1.165) is 5.92 Å². The van der Waals surface area contributed by atoms with Crippen molar-refractivity contribution in [2.45, 2.75) is 52.1 Å². The lowest BCUT2D eigenvalue weighted by Crippen LogP contribution is -2.45. The number of likely N-dealkylation sites (tertiary alicyclic amines) is 1. The Balaban J connectivity index is 2.24. The number of aliphatic hydroxyl groups excluding tert-OH is 1. The molecule has 1 aliphatic heterocycles. The maximum atomic E-state index is 9.02. The van der Waals surface area contributed by atoms with Crippen molar-refractivity contribution in [3.63, 3.8) is 0 Å². The van der Waals surface area contributed by atoms with Gasteiger partial charge in [0.25, 0.3) is 0 Å². The molecule has 1 heterocycles. The molecule has 2 N–H and O–H groups in total. The predicted octanol–water partition coefficient (Wildman–Crippen LogP) is 1.47. The molecule has 0 spiro atoms. The predicted molar refractivity (Wildman–Crippen MR) is 68.6 cm³/mol. The molecule has 1 aliphatic rings. The number of nitrogens with one attached hydrogen (secondary N) is 1. The first kappa shape index (κ1) is 13.9. The van der Waals surface area contributed by atoms with Gasteiger partial charge in [0.05, 0.1) is 6.61 Å². The minimum absolute atomic E-state index is 0.226. The normalized spacial score (nSPS) is 23.2. The Hall–Kier alpha value is -0.120. The van der Waals surface area contributed by atoms with Crippen molar-refractivity contribution in [3.05, 3.63) is 0 Å². The first-order valence-corrected chi connectivity index (χ1v) is 6.76. The third-order valence-electron chi connectivity index (χ3n) is 3.70. The quantitative estimate of drug-likeness (QED) is 0.722. The number of rotatable bonds is 6. The molecule has 2 atom stereocenters. The summed E-state index contributed by atoms with van der Waals surface area (Å²) < 4.78 is 0. The molecule has 96 valence electrons. The summed E-state index contributed by atoms with van der Waals surface area (Å²) in [5.74, 6) is 0.780. The van der Waals surface area contributed by atoms with Crippen molar-refractivity contribution in [2.75, 3.05) is 26.2 Å². The lowest BCUT2D eigenvalue weighted by molar-refractivity contribution is 0.151. The molecule has 1 unspecified atom stereocenters. The van der Waals surface area contributed by atoms with Crippen LogP contribution in [0.5, 0.6) is 0 Å². The van der Waals surface area contributed by atoms with E-state index in [1.54, 1.807) is 0 Å². The average molecular weight is 228 g/mol. The van der Waals surface area contributed by atoms with Crippen molar-refractivity contribution in [1.29, 1.82) is 0 Å². The average Bonchev–Trinajstić information content (AvgIpc) is 2.30. The molecule has 0 bridgehead atoms. The van der Waals surface area contributed by atoms with Crippen LogP contribution in [0.3, 0.4) is 0 Å². The Bertz CT molecular complexity index is 179. The second kappa shape index (κ2) is 7.25. The van der Waals surface area contributed by atoms with Gasteiger partial charge >= 0.3 is 0 Å². The second-order valence-electron chi connectivity index (χ2n) is 5.22. The summed E-state index contributed by atoms with van der Waals surface area (Å²) in [6.45, 7) is 10.5. The molecule has 3 heteroatoms. The lowest BCUT2D eigenvalue weighted by Gasteiger charge is -2.35. The van der Waals surface area contributed by atoms with Crippen LogP contribution in [0.25, 0.3) is 0 Å².